The highest BCUT2D eigenvalue weighted by atomic mass is 79.9. The van der Waals surface area contributed by atoms with Crippen molar-refractivity contribution in [2.75, 3.05) is 5.33 Å². The highest BCUT2D eigenvalue weighted by Gasteiger charge is 2.10. The smallest absolute Gasteiger partial charge is 0.0624 e. The Balaban J connectivity index is 2.69. The van der Waals surface area contributed by atoms with Crippen molar-refractivity contribution in [3.05, 3.63) is 17.5 Å². The zero-order valence-corrected chi connectivity index (χ0v) is 10.8. The van der Waals surface area contributed by atoms with Gasteiger partial charge in [0.2, 0.25) is 0 Å². The average Bonchev–Trinajstić information content (AvgIpc) is 2.56. The third-order valence-corrected chi connectivity index (χ3v) is 3.60. The predicted octanol–water partition coefficient (Wildman–Crippen LogP) is 2.95. The van der Waals surface area contributed by atoms with Crippen LogP contribution in [-0.4, -0.2) is 15.1 Å². The molecule has 1 aromatic rings. The number of alkyl halides is 1. The van der Waals surface area contributed by atoms with Crippen LogP contribution in [-0.2, 0) is 19.9 Å². The Morgan fingerprint density at radius 1 is 1.50 bits per heavy atom. The summed E-state index contributed by atoms with van der Waals surface area (Å²) >= 11 is 3.55. The average molecular weight is 259 g/mol. The quantitative estimate of drug-likeness (QED) is 0.743. The van der Waals surface area contributed by atoms with E-state index in [1.54, 1.807) is 0 Å². The van der Waals surface area contributed by atoms with Gasteiger partial charge in [-0.15, -0.1) is 0 Å². The third-order valence-electron chi connectivity index (χ3n) is 2.68. The van der Waals surface area contributed by atoms with E-state index in [0.717, 1.165) is 24.1 Å². The van der Waals surface area contributed by atoms with Crippen LogP contribution >= 0.6 is 15.9 Å². The van der Waals surface area contributed by atoms with Gasteiger partial charge in [-0.1, -0.05) is 36.2 Å². The van der Waals surface area contributed by atoms with Crippen LogP contribution in [0.3, 0.4) is 0 Å². The maximum atomic E-state index is 4.45. The SMILES string of the molecule is CCc1cc(CC(CC)CBr)n(C)n1. The molecule has 0 spiro atoms. The number of hydrogen-bond acceptors (Lipinski definition) is 1. The van der Waals surface area contributed by atoms with E-state index in [-0.39, 0.29) is 0 Å². The summed E-state index contributed by atoms with van der Waals surface area (Å²) in [5.74, 6) is 0.732. The summed E-state index contributed by atoms with van der Waals surface area (Å²) in [4.78, 5) is 0. The van der Waals surface area contributed by atoms with Gasteiger partial charge >= 0.3 is 0 Å². The summed E-state index contributed by atoms with van der Waals surface area (Å²) in [6, 6.07) is 2.23. The van der Waals surface area contributed by atoms with E-state index >= 15 is 0 Å². The van der Waals surface area contributed by atoms with Crippen LogP contribution in [0.25, 0.3) is 0 Å². The summed E-state index contributed by atoms with van der Waals surface area (Å²) < 4.78 is 2.02. The summed E-state index contributed by atoms with van der Waals surface area (Å²) in [5.41, 5.74) is 2.56. The fraction of sp³-hybridized carbons (Fsp3) is 0.727. The first-order valence-electron chi connectivity index (χ1n) is 5.29. The van der Waals surface area contributed by atoms with Crippen molar-refractivity contribution in [1.29, 1.82) is 0 Å². The minimum absolute atomic E-state index is 0.732. The van der Waals surface area contributed by atoms with Gasteiger partial charge in [-0.25, -0.2) is 0 Å². The Bertz CT molecular complexity index is 277. The molecule has 1 atom stereocenters. The highest BCUT2D eigenvalue weighted by molar-refractivity contribution is 9.09. The molecule has 0 saturated heterocycles. The number of halogens is 1. The molecule has 0 saturated carbocycles. The van der Waals surface area contributed by atoms with Gasteiger partial charge in [0.1, 0.15) is 0 Å². The predicted molar refractivity (Wildman–Crippen MR) is 63.9 cm³/mol. The van der Waals surface area contributed by atoms with E-state index in [1.807, 2.05) is 11.7 Å². The first kappa shape index (κ1) is 11.8. The van der Waals surface area contributed by atoms with Gasteiger partial charge in [0.15, 0.2) is 0 Å². The van der Waals surface area contributed by atoms with Crippen molar-refractivity contribution in [1.82, 2.24) is 9.78 Å². The maximum absolute atomic E-state index is 4.45. The third kappa shape index (κ3) is 2.84. The summed E-state index contributed by atoms with van der Waals surface area (Å²) in [6.45, 7) is 4.39. The molecule has 1 heterocycles. The molecule has 14 heavy (non-hydrogen) atoms. The standard InChI is InChI=1S/C11H19BrN2/c1-4-9(8-12)6-11-7-10(5-2)13-14(11)3/h7,9H,4-6,8H2,1-3H3. The Labute approximate surface area is 94.8 Å². The van der Waals surface area contributed by atoms with Crippen molar-refractivity contribution in [2.45, 2.75) is 33.1 Å². The van der Waals surface area contributed by atoms with Crippen molar-refractivity contribution < 1.29 is 0 Å². The van der Waals surface area contributed by atoms with Crippen LogP contribution < -0.4 is 0 Å². The first-order valence-corrected chi connectivity index (χ1v) is 6.41. The van der Waals surface area contributed by atoms with Gasteiger partial charge in [0.05, 0.1) is 5.69 Å². The number of aromatic nitrogens is 2. The molecule has 0 N–H and O–H groups in total. The Kier molecular flexibility index (Phi) is 4.66. The molecule has 0 aliphatic heterocycles. The zero-order chi connectivity index (χ0) is 10.6. The van der Waals surface area contributed by atoms with Crippen LogP contribution in [0.4, 0.5) is 0 Å². The maximum Gasteiger partial charge on any atom is 0.0624 e. The molecule has 1 unspecified atom stereocenters. The van der Waals surface area contributed by atoms with Crippen LogP contribution in [0.15, 0.2) is 6.07 Å². The second-order valence-corrected chi connectivity index (χ2v) is 4.38. The minimum Gasteiger partial charge on any atom is -0.272 e. The lowest BCUT2D eigenvalue weighted by Crippen LogP contribution is -2.08. The number of hydrogen-bond donors (Lipinski definition) is 0. The van der Waals surface area contributed by atoms with Crippen LogP contribution in [0.2, 0.25) is 0 Å². The van der Waals surface area contributed by atoms with Gasteiger partial charge in [-0.3, -0.25) is 4.68 Å². The number of nitrogens with zero attached hydrogens (tertiary/aromatic N) is 2. The summed E-state index contributed by atoms with van der Waals surface area (Å²) in [7, 11) is 2.04. The van der Waals surface area contributed by atoms with Crippen molar-refractivity contribution in [3.63, 3.8) is 0 Å². The fourth-order valence-electron chi connectivity index (χ4n) is 1.54. The highest BCUT2D eigenvalue weighted by Crippen LogP contribution is 2.15. The molecular formula is C11H19BrN2. The lowest BCUT2D eigenvalue weighted by Gasteiger charge is -2.10. The van der Waals surface area contributed by atoms with E-state index in [1.165, 1.54) is 17.8 Å². The lowest BCUT2D eigenvalue weighted by molar-refractivity contribution is 0.543. The molecule has 1 aromatic heterocycles. The van der Waals surface area contributed by atoms with E-state index in [0.29, 0.717) is 0 Å². The minimum atomic E-state index is 0.732. The van der Waals surface area contributed by atoms with Gasteiger partial charge < -0.3 is 0 Å². The lowest BCUT2D eigenvalue weighted by atomic mass is 10.0. The molecule has 1 rings (SSSR count). The van der Waals surface area contributed by atoms with E-state index < -0.39 is 0 Å². The molecule has 0 amide bonds. The normalized spacial score (nSPS) is 13.1. The zero-order valence-electron chi connectivity index (χ0n) is 9.26. The number of rotatable bonds is 5. The van der Waals surface area contributed by atoms with E-state index in [2.05, 4.69) is 40.9 Å². The van der Waals surface area contributed by atoms with Gasteiger partial charge in [0, 0.05) is 18.1 Å². The molecule has 2 nitrogen and oxygen atoms in total. The Hall–Kier alpha value is -0.310. The largest absolute Gasteiger partial charge is 0.272 e. The molecular weight excluding hydrogens is 240 g/mol. The van der Waals surface area contributed by atoms with Crippen molar-refractivity contribution in [3.8, 4) is 0 Å². The topological polar surface area (TPSA) is 17.8 Å². The van der Waals surface area contributed by atoms with Crippen molar-refractivity contribution >= 4 is 15.9 Å². The molecule has 0 aromatic carbocycles. The monoisotopic (exact) mass is 258 g/mol. The molecule has 0 aliphatic rings. The van der Waals surface area contributed by atoms with Crippen LogP contribution in [0.5, 0.6) is 0 Å². The second kappa shape index (κ2) is 5.54. The molecule has 3 heteroatoms. The van der Waals surface area contributed by atoms with E-state index in [4.69, 9.17) is 0 Å². The summed E-state index contributed by atoms with van der Waals surface area (Å²) in [5, 5.41) is 5.53. The van der Waals surface area contributed by atoms with Gasteiger partial charge in [-0.05, 0) is 24.8 Å². The number of aryl methyl sites for hydroxylation is 2. The molecule has 0 fully saturated rings. The molecule has 80 valence electrons. The van der Waals surface area contributed by atoms with E-state index in [9.17, 15) is 0 Å². The van der Waals surface area contributed by atoms with Gasteiger partial charge in [-0.2, -0.15) is 5.10 Å². The Morgan fingerprint density at radius 2 is 2.21 bits per heavy atom. The van der Waals surface area contributed by atoms with Crippen LogP contribution in [0.1, 0.15) is 31.7 Å². The summed E-state index contributed by atoms with van der Waals surface area (Å²) in [6.07, 6.45) is 3.38. The van der Waals surface area contributed by atoms with Crippen molar-refractivity contribution in [2.24, 2.45) is 13.0 Å². The van der Waals surface area contributed by atoms with Gasteiger partial charge in [0.25, 0.3) is 0 Å². The fourth-order valence-corrected chi connectivity index (χ4v) is 2.23. The Morgan fingerprint density at radius 3 is 2.64 bits per heavy atom. The second-order valence-electron chi connectivity index (χ2n) is 3.74. The molecule has 0 radical (unpaired) electrons. The molecule has 0 aliphatic carbocycles. The first-order chi connectivity index (χ1) is 6.71. The van der Waals surface area contributed by atoms with Crippen LogP contribution in [0, 0.1) is 5.92 Å². The molecule has 0 bridgehead atoms.